The fourth-order valence-electron chi connectivity index (χ4n) is 4.91. The van der Waals surface area contributed by atoms with E-state index in [1.807, 2.05) is 7.11 Å². The maximum atomic E-state index is 7.35. The topological polar surface area (TPSA) is 18.5 Å². The van der Waals surface area contributed by atoms with E-state index >= 15 is 0 Å². The molecule has 30 heavy (non-hydrogen) atoms. The van der Waals surface area contributed by atoms with Crippen molar-refractivity contribution in [3.63, 3.8) is 0 Å². The molecule has 0 aromatic heterocycles. The van der Waals surface area contributed by atoms with Crippen LogP contribution >= 0.6 is 15.9 Å². The number of hydrogen-bond donors (Lipinski definition) is 0. The largest absolute Gasteiger partial charge is 0.402 e. The van der Waals surface area contributed by atoms with Gasteiger partial charge in [0.25, 0.3) is 8.32 Å². The number of allylic oxidation sites excluding steroid dienone is 2. The molecule has 2 nitrogen and oxygen atoms in total. The molecule has 0 N–H and O–H groups in total. The first-order chi connectivity index (χ1) is 14.3. The molecular weight excluding hydrogens is 452 g/mol. The molecule has 1 saturated carbocycles. The Bertz CT molecular complexity index is 786. The summed E-state index contributed by atoms with van der Waals surface area (Å²) in [6, 6.07) is 21.8. The molecule has 0 unspecified atom stereocenters. The SMILES string of the molecule is CO[C@@H]1C[C@H](/C=C(/C)Br)CC[C@H]1O[Si](c1ccccc1)(c1ccccc1)C(C)(C)C. The third-order valence-electron chi connectivity index (χ3n) is 6.28. The van der Waals surface area contributed by atoms with Crippen LogP contribution in [0.4, 0.5) is 0 Å². The number of rotatable bonds is 6. The lowest BCUT2D eigenvalue weighted by Gasteiger charge is -2.47. The number of hydrogen-bond acceptors (Lipinski definition) is 2. The quantitative estimate of drug-likeness (QED) is 0.462. The predicted octanol–water partition coefficient (Wildman–Crippen LogP) is 6.05. The Labute approximate surface area is 192 Å². The van der Waals surface area contributed by atoms with Crippen molar-refractivity contribution >= 4 is 34.6 Å². The highest BCUT2D eigenvalue weighted by Crippen LogP contribution is 2.40. The molecule has 0 amide bonds. The van der Waals surface area contributed by atoms with Crippen molar-refractivity contribution < 1.29 is 9.16 Å². The minimum absolute atomic E-state index is 0.0167. The summed E-state index contributed by atoms with van der Waals surface area (Å²) >= 11 is 3.60. The molecule has 4 heteroatoms. The molecular formula is C26H35BrO2Si. The van der Waals surface area contributed by atoms with Crippen LogP contribution in [0.2, 0.25) is 5.04 Å². The van der Waals surface area contributed by atoms with Gasteiger partial charge in [0.1, 0.15) is 0 Å². The molecule has 0 radical (unpaired) electrons. The molecule has 2 aromatic carbocycles. The van der Waals surface area contributed by atoms with Gasteiger partial charge in [-0.25, -0.2) is 0 Å². The van der Waals surface area contributed by atoms with Crippen LogP contribution in [0.3, 0.4) is 0 Å². The molecule has 0 bridgehead atoms. The lowest BCUT2D eigenvalue weighted by molar-refractivity contribution is -0.0366. The van der Waals surface area contributed by atoms with E-state index in [9.17, 15) is 0 Å². The van der Waals surface area contributed by atoms with Gasteiger partial charge in [-0.05, 0) is 52.0 Å². The van der Waals surface area contributed by atoms with Crippen molar-refractivity contribution in [3.8, 4) is 0 Å². The Morgan fingerprint density at radius 3 is 1.90 bits per heavy atom. The molecule has 0 saturated heterocycles. The van der Waals surface area contributed by atoms with Crippen LogP contribution in [0.1, 0.15) is 47.0 Å². The molecule has 3 rings (SSSR count). The lowest BCUT2D eigenvalue weighted by Crippen LogP contribution is -2.68. The van der Waals surface area contributed by atoms with Crippen LogP contribution < -0.4 is 10.4 Å². The normalized spacial score (nSPS) is 23.4. The second kappa shape index (κ2) is 9.95. The Hall–Kier alpha value is -1.20. The van der Waals surface area contributed by atoms with Crippen molar-refractivity contribution in [2.24, 2.45) is 5.92 Å². The molecule has 1 aliphatic rings. The Balaban J connectivity index is 2.04. The van der Waals surface area contributed by atoms with E-state index in [1.54, 1.807) is 0 Å². The fraction of sp³-hybridized carbons (Fsp3) is 0.462. The van der Waals surface area contributed by atoms with E-state index in [4.69, 9.17) is 9.16 Å². The third-order valence-corrected chi connectivity index (χ3v) is 11.6. The van der Waals surface area contributed by atoms with Gasteiger partial charge in [-0.1, -0.05) is 103 Å². The second-order valence-electron chi connectivity index (χ2n) is 9.42. The first-order valence-corrected chi connectivity index (χ1v) is 13.6. The summed E-state index contributed by atoms with van der Waals surface area (Å²) in [7, 11) is -0.721. The zero-order valence-corrected chi connectivity index (χ0v) is 21.5. The fourth-order valence-corrected chi connectivity index (χ4v) is 10.0. The van der Waals surface area contributed by atoms with Gasteiger partial charge in [0, 0.05) is 7.11 Å². The van der Waals surface area contributed by atoms with Gasteiger partial charge in [0.05, 0.1) is 12.2 Å². The summed E-state index contributed by atoms with van der Waals surface area (Å²) in [5.74, 6) is 0.535. The third kappa shape index (κ3) is 4.99. The zero-order valence-electron chi connectivity index (χ0n) is 18.9. The van der Waals surface area contributed by atoms with Crippen molar-refractivity contribution in [2.45, 2.75) is 64.2 Å². The molecule has 1 aliphatic carbocycles. The van der Waals surface area contributed by atoms with Crippen LogP contribution in [0, 0.1) is 5.92 Å². The van der Waals surface area contributed by atoms with E-state index < -0.39 is 8.32 Å². The van der Waals surface area contributed by atoms with Crippen LogP contribution in [0.15, 0.2) is 71.2 Å². The standard InChI is InChI=1S/C26H35BrO2Si/c1-20(27)18-21-16-17-24(25(19-21)28-5)29-30(26(2,3)4,22-12-8-6-9-13-22)23-14-10-7-11-15-23/h6-15,18,21,24-25H,16-17,19H2,1-5H3/b20-18-/t21-,24+,25+/m0/s1. The van der Waals surface area contributed by atoms with Gasteiger partial charge in [-0.2, -0.15) is 0 Å². The number of methoxy groups -OCH3 is 1. The Kier molecular flexibility index (Phi) is 7.78. The zero-order chi connectivity index (χ0) is 21.8. The first-order valence-electron chi connectivity index (χ1n) is 10.9. The van der Waals surface area contributed by atoms with Gasteiger partial charge in [0.2, 0.25) is 0 Å². The number of halogens is 1. The maximum Gasteiger partial charge on any atom is 0.261 e. The second-order valence-corrected chi connectivity index (χ2v) is 14.9. The average Bonchev–Trinajstić information content (AvgIpc) is 2.72. The smallest absolute Gasteiger partial charge is 0.261 e. The maximum absolute atomic E-state index is 7.35. The number of benzene rings is 2. The highest BCUT2D eigenvalue weighted by molar-refractivity contribution is 9.11. The molecule has 0 aliphatic heterocycles. The highest BCUT2D eigenvalue weighted by atomic mass is 79.9. The van der Waals surface area contributed by atoms with Crippen LogP contribution in [0.5, 0.6) is 0 Å². The van der Waals surface area contributed by atoms with Gasteiger partial charge < -0.3 is 9.16 Å². The predicted molar refractivity (Wildman–Crippen MR) is 133 cm³/mol. The minimum Gasteiger partial charge on any atom is -0.402 e. The van der Waals surface area contributed by atoms with Crippen molar-refractivity contribution in [3.05, 3.63) is 71.2 Å². The van der Waals surface area contributed by atoms with Crippen LogP contribution in [-0.2, 0) is 9.16 Å². The molecule has 0 spiro atoms. The summed E-state index contributed by atoms with van der Waals surface area (Å²) < 4.78 is 14.6. The van der Waals surface area contributed by atoms with Crippen LogP contribution in [0.25, 0.3) is 0 Å². The van der Waals surface area contributed by atoms with E-state index in [0.717, 1.165) is 19.3 Å². The molecule has 0 heterocycles. The van der Waals surface area contributed by atoms with Gasteiger partial charge in [-0.3, -0.25) is 0 Å². The Morgan fingerprint density at radius 1 is 0.933 bits per heavy atom. The molecule has 3 atom stereocenters. The minimum atomic E-state index is -2.55. The Morgan fingerprint density at radius 2 is 1.47 bits per heavy atom. The first kappa shape index (κ1) is 23.5. The van der Waals surface area contributed by atoms with Gasteiger partial charge in [-0.15, -0.1) is 0 Å². The van der Waals surface area contributed by atoms with Crippen molar-refractivity contribution in [2.75, 3.05) is 7.11 Å². The van der Waals surface area contributed by atoms with Gasteiger partial charge in [0.15, 0.2) is 0 Å². The van der Waals surface area contributed by atoms with E-state index in [1.165, 1.54) is 14.9 Å². The van der Waals surface area contributed by atoms with E-state index in [0.29, 0.717) is 5.92 Å². The summed E-state index contributed by atoms with van der Waals surface area (Å²) in [6.07, 6.45) is 5.68. The van der Waals surface area contributed by atoms with Crippen molar-refractivity contribution in [1.82, 2.24) is 0 Å². The van der Waals surface area contributed by atoms with Crippen molar-refractivity contribution in [1.29, 1.82) is 0 Å². The summed E-state index contributed by atoms with van der Waals surface area (Å²) in [6.45, 7) is 9.11. The highest BCUT2D eigenvalue weighted by Gasteiger charge is 2.52. The van der Waals surface area contributed by atoms with E-state index in [2.05, 4.69) is 110 Å². The molecule has 1 fully saturated rings. The molecule has 2 aromatic rings. The lowest BCUT2D eigenvalue weighted by atomic mass is 9.85. The van der Waals surface area contributed by atoms with Gasteiger partial charge >= 0.3 is 0 Å². The van der Waals surface area contributed by atoms with Crippen LogP contribution in [-0.4, -0.2) is 27.6 Å². The summed E-state index contributed by atoms with van der Waals surface area (Å²) in [4.78, 5) is 0. The average molecular weight is 488 g/mol. The van der Waals surface area contributed by atoms with E-state index in [-0.39, 0.29) is 17.2 Å². The monoisotopic (exact) mass is 486 g/mol. The summed E-state index contributed by atoms with van der Waals surface area (Å²) in [5, 5.41) is 2.64. The number of ether oxygens (including phenoxy) is 1. The summed E-state index contributed by atoms with van der Waals surface area (Å²) in [5.41, 5.74) is 0. The molecule has 162 valence electrons.